The Morgan fingerprint density at radius 2 is 1.42 bits per heavy atom. The molecular formula is C16H30N2O. The molecule has 3 saturated carbocycles. The summed E-state index contributed by atoms with van der Waals surface area (Å²) in [5.41, 5.74) is 6.20. The minimum absolute atomic E-state index is 0.369. The van der Waals surface area contributed by atoms with Crippen molar-refractivity contribution in [2.45, 2.75) is 101 Å². The van der Waals surface area contributed by atoms with Crippen LogP contribution in [0.4, 0.5) is 0 Å². The lowest BCUT2D eigenvalue weighted by Crippen LogP contribution is -2.52. The van der Waals surface area contributed by atoms with Crippen molar-refractivity contribution in [3.05, 3.63) is 0 Å². The molecular weight excluding hydrogens is 236 g/mol. The summed E-state index contributed by atoms with van der Waals surface area (Å²) in [6, 6.07) is 1.47. The van der Waals surface area contributed by atoms with Crippen LogP contribution in [0.2, 0.25) is 0 Å². The minimum Gasteiger partial charge on any atom is -0.373 e. The monoisotopic (exact) mass is 266 g/mol. The summed E-state index contributed by atoms with van der Waals surface area (Å²) in [5, 5.41) is 3.84. The van der Waals surface area contributed by atoms with Crippen LogP contribution in [0.5, 0.6) is 0 Å². The average Bonchev–Trinajstić information content (AvgIpc) is 3.05. The first kappa shape index (κ1) is 13.8. The molecule has 0 aliphatic heterocycles. The predicted octanol–water partition coefficient (Wildman–Crippen LogP) is 2.73. The van der Waals surface area contributed by atoms with E-state index < -0.39 is 0 Å². The highest BCUT2D eigenvalue weighted by Gasteiger charge is 2.33. The van der Waals surface area contributed by atoms with Crippen molar-refractivity contribution in [3.8, 4) is 0 Å². The van der Waals surface area contributed by atoms with Crippen molar-refractivity contribution < 1.29 is 4.74 Å². The molecule has 19 heavy (non-hydrogen) atoms. The summed E-state index contributed by atoms with van der Waals surface area (Å²) >= 11 is 0. The molecule has 0 saturated heterocycles. The van der Waals surface area contributed by atoms with Crippen LogP contribution in [0.1, 0.15) is 70.6 Å². The van der Waals surface area contributed by atoms with Gasteiger partial charge in [-0.2, -0.15) is 0 Å². The lowest BCUT2D eigenvalue weighted by molar-refractivity contribution is -0.0455. The van der Waals surface area contributed by atoms with E-state index in [1.807, 2.05) is 0 Å². The largest absolute Gasteiger partial charge is 0.373 e. The van der Waals surface area contributed by atoms with E-state index in [0.29, 0.717) is 30.3 Å². The molecule has 3 heteroatoms. The highest BCUT2D eigenvalue weighted by Crippen LogP contribution is 2.29. The number of ether oxygens (including phenoxy) is 1. The molecule has 4 atom stereocenters. The van der Waals surface area contributed by atoms with Crippen molar-refractivity contribution in [1.82, 2.24) is 5.32 Å². The third-order valence-electron chi connectivity index (χ3n) is 5.37. The van der Waals surface area contributed by atoms with E-state index in [9.17, 15) is 0 Å². The lowest BCUT2D eigenvalue weighted by atomic mass is 9.91. The SMILES string of the molecule is N[C@@H]1CCC[C@H]1N[C@@H]1CCCC[C@@H]1OC1CCCC1. The molecule has 0 unspecified atom stereocenters. The van der Waals surface area contributed by atoms with Gasteiger partial charge < -0.3 is 15.8 Å². The fourth-order valence-corrected chi connectivity index (χ4v) is 4.19. The first-order valence-electron chi connectivity index (χ1n) is 8.50. The Labute approximate surface area is 117 Å². The maximum Gasteiger partial charge on any atom is 0.0731 e. The van der Waals surface area contributed by atoms with Crippen molar-refractivity contribution >= 4 is 0 Å². The smallest absolute Gasteiger partial charge is 0.0731 e. The maximum atomic E-state index is 6.41. The summed E-state index contributed by atoms with van der Waals surface area (Å²) in [4.78, 5) is 0. The topological polar surface area (TPSA) is 47.3 Å². The van der Waals surface area contributed by atoms with E-state index in [2.05, 4.69) is 5.32 Å². The molecule has 0 amide bonds. The fourth-order valence-electron chi connectivity index (χ4n) is 4.19. The van der Waals surface area contributed by atoms with E-state index in [1.165, 1.54) is 70.6 Å². The molecule has 3 aliphatic carbocycles. The van der Waals surface area contributed by atoms with Crippen LogP contribution < -0.4 is 11.1 Å². The molecule has 3 N–H and O–H groups in total. The first-order valence-corrected chi connectivity index (χ1v) is 8.50. The number of nitrogens with one attached hydrogen (secondary N) is 1. The van der Waals surface area contributed by atoms with Crippen molar-refractivity contribution in [2.24, 2.45) is 5.73 Å². The van der Waals surface area contributed by atoms with E-state index in [0.717, 1.165) is 0 Å². The molecule has 0 aromatic carbocycles. The number of nitrogens with two attached hydrogens (primary N) is 1. The van der Waals surface area contributed by atoms with Gasteiger partial charge in [-0.15, -0.1) is 0 Å². The molecule has 3 fully saturated rings. The number of rotatable bonds is 4. The van der Waals surface area contributed by atoms with Crippen molar-refractivity contribution in [3.63, 3.8) is 0 Å². The molecule has 0 aromatic rings. The number of hydrogen-bond acceptors (Lipinski definition) is 3. The Morgan fingerprint density at radius 1 is 0.737 bits per heavy atom. The molecule has 0 spiro atoms. The predicted molar refractivity (Wildman–Crippen MR) is 78.1 cm³/mol. The molecule has 0 aromatic heterocycles. The van der Waals surface area contributed by atoms with Crippen LogP contribution in [0.25, 0.3) is 0 Å². The summed E-state index contributed by atoms with van der Waals surface area (Å²) in [5.74, 6) is 0. The lowest BCUT2D eigenvalue weighted by Gasteiger charge is -2.36. The van der Waals surface area contributed by atoms with Crippen molar-refractivity contribution in [2.75, 3.05) is 0 Å². The van der Waals surface area contributed by atoms with Crippen LogP contribution in [0, 0.1) is 0 Å². The summed E-state index contributed by atoms with van der Waals surface area (Å²) in [7, 11) is 0. The minimum atomic E-state index is 0.369. The first-order chi connectivity index (χ1) is 9.33. The van der Waals surface area contributed by atoms with Crippen LogP contribution in [-0.2, 0) is 4.74 Å². The normalized spacial score (nSPS) is 40.9. The molecule has 3 aliphatic rings. The quantitative estimate of drug-likeness (QED) is 0.822. The Morgan fingerprint density at radius 3 is 2.16 bits per heavy atom. The number of hydrogen-bond donors (Lipinski definition) is 2. The second-order valence-electron chi connectivity index (χ2n) is 6.84. The van der Waals surface area contributed by atoms with Gasteiger partial charge in [0, 0.05) is 18.1 Å². The van der Waals surface area contributed by atoms with Crippen LogP contribution in [0.15, 0.2) is 0 Å². The van der Waals surface area contributed by atoms with Crippen LogP contribution in [0.3, 0.4) is 0 Å². The van der Waals surface area contributed by atoms with Gasteiger partial charge in [0.25, 0.3) is 0 Å². The summed E-state index contributed by atoms with van der Waals surface area (Å²) < 4.78 is 6.41. The zero-order valence-electron chi connectivity index (χ0n) is 12.2. The second kappa shape index (κ2) is 6.55. The molecule has 0 bridgehead atoms. The Kier molecular flexibility index (Phi) is 4.78. The molecule has 0 radical (unpaired) electrons. The molecule has 110 valence electrons. The third-order valence-corrected chi connectivity index (χ3v) is 5.37. The molecule has 3 nitrogen and oxygen atoms in total. The Bertz CT molecular complexity index is 278. The van der Waals surface area contributed by atoms with Gasteiger partial charge in [-0.25, -0.2) is 0 Å². The van der Waals surface area contributed by atoms with Gasteiger partial charge in [0.2, 0.25) is 0 Å². The standard InChI is InChI=1S/C16H30N2O/c17-13-8-5-10-14(13)18-15-9-3-4-11-16(15)19-12-6-1-2-7-12/h12-16,18H,1-11,17H2/t13-,14-,15-,16+/m1/s1. The van der Waals surface area contributed by atoms with Gasteiger partial charge in [-0.05, 0) is 38.5 Å². The van der Waals surface area contributed by atoms with Crippen LogP contribution >= 0.6 is 0 Å². The summed E-state index contributed by atoms with van der Waals surface area (Å²) in [6.07, 6.45) is 15.2. The summed E-state index contributed by atoms with van der Waals surface area (Å²) in [6.45, 7) is 0. The highest BCUT2D eigenvalue weighted by molar-refractivity contribution is 4.92. The van der Waals surface area contributed by atoms with Gasteiger partial charge in [0.1, 0.15) is 0 Å². The zero-order valence-corrected chi connectivity index (χ0v) is 12.2. The molecule has 3 rings (SSSR count). The van der Waals surface area contributed by atoms with Gasteiger partial charge in [0.05, 0.1) is 12.2 Å². The zero-order chi connectivity index (χ0) is 13.1. The Hall–Kier alpha value is -0.120. The van der Waals surface area contributed by atoms with E-state index in [-0.39, 0.29) is 0 Å². The second-order valence-corrected chi connectivity index (χ2v) is 6.84. The van der Waals surface area contributed by atoms with E-state index in [4.69, 9.17) is 10.5 Å². The van der Waals surface area contributed by atoms with Gasteiger partial charge >= 0.3 is 0 Å². The van der Waals surface area contributed by atoms with E-state index >= 15 is 0 Å². The van der Waals surface area contributed by atoms with Crippen molar-refractivity contribution in [1.29, 1.82) is 0 Å². The fraction of sp³-hybridized carbons (Fsp3) is 1.00. The Balaban J connectivity index is 1.53. The third kappa shape index (κ3) is 3.50. The van der Waals surface area contributed by atoms with Gasteiger partial charge in [-0.3, -0.25) is 0 Å². The molecule has 0 heterocycles. The highest BCUT2D eigenvalue weighted by atomic mass is 16.5. The van der Waals surface area contributed by atoms with E-state index in [1.54, 1.807) is 0 Å². The van der Waals surface area contributed by atoms with Gasteiger partial charge in [0.15, 0.2) is 0 Å². The van der Waals surface area contributed by atoms with Crippen LogP contribution in [-0.4, -0.2) is 30.3 Å². The maximum absolute atomic E-state index is 6.41. The average molecular weight is 266 g/mol. The van der Waals surface area contributed by atoms with Gasteiger partial charge in [-0.1, -0.05) is 32.1 Å².